The maximum Gasteiger partial charge on any atom is 0.270 e. The Morgan fingerprint density at radius 2 is 0.941 bits per heavy atom. The summed E-state index contributed by atoms with van der Waals surface area (Å²) in [6.07, 6.45) is 1.88. The second kappa shape index (κ2) is 13.1. The Labute approximate surface area is 203 Å². The van der Waals surface area contributed by atoms with Crippen LogP contribution in [-0.4, -0.2) is 55.8 Å². The number of benzene rings is 2. The molecule has 2 unspecified atom stereocenters. The Hall–Kier alpha value is -2.14. The molecule has 0 fully saturated rings. The quantitative estimate of drug-likeness (QED) is 0.327. The lowest BCUT2D eigenvalue weighted by Crippen LogP contribution is -2.15. The van der Waals surface area contributed by atoms with Gasteiger partial charge in [-0.15, -0.1) is 0 Å². The molecule has 0 aliphatic heterocycles. The van der Waals surface area contributed by atoms with E-state index in [-0.39, 0.29) is 36.6 Å². The summed E-state index contributed by atoms with van der Waals surface area (Å²) in [5.41, 5.74) is 2.35. The Bertz CT molecular complexity index is 989. The molecule has 2 aromatic rings. The van der Waals surface area contributed by atoms with Crippen molar-refractivity contribution in [2.24, 2.45) is 0 Å². The van der Waals surface area contributed by atoms with Gasteiger partial charge >= 0.3 is 0 Å². The van der Waals surface area contributed by atoms with Crippen molar-refractivity contribution in [3.05, 3.63) is 59.7 Å². The number of hydrogen-bond acceptors (Lipinski definition) is 8. The van der Waals surface area contributed by atoms with Crippen LogP contribution in [0.25, 0.3) is 0 Å². The normalized spacial score (nSPS) is 13.9. The molecule has 34 heavy (non-hydrogen) atoms. The zero-order valence-corrected chi connectivity index (χ0v) is 21.7. The molecule has 10 heteroatoms. The molecule has 8 nitrogen and oxygen atoms in total. The summed E-state index contributed by atoms with van der Waals surface area (Å²) in [7, 11) is -4.82. The van der Waals surface area contributed by atoms with Crippen molar-refractivity contribution in [3.8, 4) is 11.5 Å². The van der Waals surface area contributed by atoms with Gasteiger partial charge in [0.15, 0.2) is 0 Å². The van der Waals surface area contributed by atoms with Crippen LogP contribution in [0.4, 0.5) is 0 Å². The first-order valence-corrected chi connectivity index (χ1v) is 14.3. The summed E-state index contributed by atoms with van der Waals surface area (Å²) in [5, 5.41) is 0. The van der Waals surface area contributed by atoms with Crippen molar-refractivity contribution in [2.45, 2.75) is 38.5 Å². The van der Waals surface area contributed by atoms with Crippen LogP contribution in [0.3, 0.4) is 0 Å². The molecule has 0 spiro atoms. The summed E-state index contributed by atoms with van der Waals surface area (Å²) >= 11 is 0. The first-order chi connectivity index (χ1) is 16.1. The molecular formula is C24H34O8S2. The van der Waals surface area contributed by atoms with Crippen molar-refractivity contribution in [1.29, 1.82) is 0 Å². The fourth-order valence-electron chi connectivity index (χ4n) is 3.82. The van der Waals surface area contributed by atoms with Crippen LogP contribution in [0.1, 0.15) is 49.7 Å². The molecule has 190 valence electrons. The summed E-state index contributed by atoms with van der Waals surface area (Å²) in [5.74, 6) is 1.37. The van der Waals surface area contributed by atoms with E-state index in [0.717, 1.165) is 27.1 Å². The van der Waals surface area contributed by atoms with Gasteiger partial charge in [-0.25, -0.2) is 0 Å². The van der Waals surface area contributed by atoms with E-state index in [0.29, 0.717) is 11.5 Å². The summed E-state index contributed by atoms with van der Waals surface area (Å²) in [6.45, 7) is 4.36. The molecule has 0 saturated heterocycles. The standard InChI is InChI=1S/C24H34O8S2/c1-5-23(19-7-11-21(12-8-19)31-15-17-33(25,26)29-3)24(6-2)20-9-13-22(14-10-20)32-16-18-34(27,28)30-4/h7-14,23-24H,5-6,15-18H2,1-4H3. The third-order valence-corrected chi connectivity index (χ3v) is 8.04. The smallest absolute Gasteiger partial charge is 0.270 e. The lowest BCUT2D eigenvalue weighted by atomic mass is 9.78. The van der Waals surface area contributed by atoms with Gasteiger partial charge < -0.3 is 9.47 Å². The van der Waals surface area contributed by atoms with Crippen LogP contribution in [-0.2, 0) is 28.6 Å². The minimum atomic E-state index is -3.54. The van der Waals surface area contributed by atoms with Crippen LogP contribution in [0.5, 0.6) is 11.5 Å². The molecular weight excluding hydrogens is 480 g/mol. The number of hydrogen-bond donors (Lipinski definition) is 0. The highest BCUT2D eigenvalue weighted by Gasteiger charge is 2.22. The lowest BCUT2D eigenvalue weighted by Gasteiger charge is -2.26. The molecule has 2 rings (SSSR count). The average molecular weight is 515 g/mol. The van der Waals surface area contributed by atoms with Crippen molar-refractivity contribution >= 4 is 20.2 Å². The van der Waals surface area contributed by atoms with E-state index in [1.807, 2.05) is 48.5 Å². The van der Waals surface area contributed by atoms with E-state index >= 15 is 0 Å². The molecule has 0 aliphatic rings. The first-order valence-electron chi connectivity index (χ1n) is 11.2. The van der Waals surface area contributed by atoms with E-state index in [1.54, 1.807) is 0 Å². The number of rotatable bonds is 15. The minimum Gasteiger partial charge on any atom is -0.492 e. The Balaban J connectivity index is 2.03. The van der Waals surface area contributed by atoms with Crippen molar-refractivity contribution in [1.82, 2.24) is 0 Å². The van der Waals surface area contributed by atoms with Crippen LogP contribution in [0.15, 0.2) is 48.5 Å². The highest BCUT2D eigenvalue weighted by Crippen LogP contribution is 2.38. The highest BCUT2D eigenvalue weighted by atomic mass is 32.2. The zero-order chi connectivity index (χ0) is 25.2. The molecule has 0 heterocycles. The van der Waals surface area contributed by atoms with Gasteiger partial charge in [-0.3, -0.25) is 8.37 Å². The second-order valence-corrected chi connectivity index (χ2v) is 11.4. The van der Waals surface area contributed by atoms with Gasteiger partial charge in [0.25, 0.3) is 20.2 Å². The van der Waals surface area contributed by atoms with E-state index in [2.05, 4.69) is 22.2 Å². The van der Waals surface area contributed by atoms with Gasteiger partial charge in [0.2, 0.25) is 0 Å². The lowest BCUT2D eigenvalue weighted by molar-refractivity contribution is 0.327. The molecule has 0 saturated carbocycles. The fraction of sp³-hybridized carbons (Fsp3) is 0.500. The third-order valence-electron chi connectivity index (χ3n) is 5.69. The molecule has 0 bridgehead atoms. The van der Waals surface area contributed by atoms with Crippen molar-refractivity contribution < 1.29 is 34.7 Å². The van der Waals surface area contributed by atoms with Crippen molar-refractivity contribution in [2.75, 3.05) is 38.9 Å². The topological polar surface area (TPSA) is 105 Å². The van der Waals surface area contributed by atoms with E-state index in [1.165, 1.54) is 11.1 Å². The van der Waals surface area contributed by atoms with Crippen LogP contribution in [0.2, 0.25) is 0 Å². The molecule has 0 aliphatic carbocycles. The van der Waals surface area contributed by atoms with E-state index in [9.17, 15) is 16.8 Å². The van der Waals surface area contributed by atoms with Gasteiger partial charge in [-0.2, -0.15) is 16.8 Å². The number of ether oxygens (including phenoxy) is 2. The fourth-order valence-corrected chi connectivity index (χ4v) is 4.73. The summed E-state index contributed by atoms with van der Waals surface area (Å²) < 4.78 is 65.5. The molecule has 0 radical (unpaired) electrons. The molecule has 0 N–H and O–H groups in total. The van der Waals surface area contributed by atoms with Gasteiger partial charge in [-0.05, 0) is 60.1 Å². The second-order valence-electron chi connectivity index (χ2n) is 7.72. The Kier molecular flexibility index (Phi) is 10.8. The predicted molar refractivity (Wildman–Crippen MR) is 132 cm³/mol. The SMILES string of the molecule is CCC(c1ccc(OCCS(=O)(=O)OC)cc1)C(CC)c1ccc(OCCS(=O)(=O)OC)cc1. The predicted octanol–water partition coefficient (Wildman–Crippen LogP) is 4.08. The summed E-state index contributed by atoms with van der Waals surface area (Å²) in [6, 6.07) is 15.5. The van der Waals surface area contributed by atoms with E-state index < -0.39 is 20.2 Å². The minimum absolute atomic E-state index is 0.0239. The van der Waals surface area contributed by atoms with Gasteiger partial charge in [0.05, 0.1) is 14.2 Å². The largest absolute Gasteiger partial charge is 0.492 e. The Morgan fingerprint density at radius 3 is 1.21 bits per heavy atom. The molecule has 0 amide bonds. The van der Waals surface area contributed by atoms with Crippen LogP contribution in [0, 0.1) is 0 Å². The first kappa shape index (κ1) is 28.1. The van der Waals surface area contributed by atoms with Gasteiger partial charge in [0, 0.05) is 0 Å². The molecule has 2 atom stereocenters. The van der Waals surface area contributed by atoms with E-state index in [4.69, 9.17) is 9.47 Å². The average Bonchev–Trinajstić information content (AvgIpc) is 2.83. The maximum atomic E-state index is 11.4. The zero-order valence-electron chi connectivity index (χ0n) is 20.1. The summed E-state index contributed by atoms with van der Waals surface area (Å²) in [4.78, 5) is 0. The van der Waals surface area contributed by atoms with Crippen LogP contribution < -0.4 is 9.47 Å². The third kappa shape index (κ3) is 8.57. The van der Waals surface area contributed by atoms with Gasteiger partial charge in [-0.1, -0.05) is 38.1 Å². The molecule has 2 aromatic carbocycles. The van der Waals surface area contributed by atoms with Crippen LogP contribution >= 0.6 is 0 Å². The van der Waals surface area contributed by atoms with Gasteiger partial charge in [0.1, 0.15) is 36.2 Å². The molecule has 0 aromatic heterocycles. The monoisotopic (exact) mass is 514 g/mol. The highest BCUT2D eigenvalue weighted by molar-refractivity contribution is 7.86. The Morgan fingerprint density at radius 1 is 0.618 bits per heavy atom. The van der Waals surface area contributed by atoms with Crippen molar-refractivity contribution in [3.63, 3.8) is 0 Å². The maximum absolute atomic E-state index is 11.4.